The quantitative estimate of drug-likeness (QED) is 0.0401. The summed E-state index contributed by atoms with van der Waals surface area (Å²) in [5.74, 6) is -5.97. The highest BCUT2D eigenvalue weighted by atomic mass is 32.2. The summed E-state index contributed by atoms with van der Waals surface area (Å²) in [6.45, 7) is -0.279. The summed E-state index contributed by atoms with van der Waals surface area (Å²) in [7, 11) is -4.74. The third-order valence-corrected chi connectivity index (χ3v) is 7.68. The van der Waals surface area contributed by atoms with Gasteiger partial charge in [-0.15, -0.1) is 0 Å². The number of hydrogen-bond donors (Lipinski definition) is 8. The van der Waals surface area contributed by atoms with E-state index in [9.17, 15) is 62.5 Å². The van der Waals surface area contributed by atoms with Gasteiger partial charge in [0.2, 0.25) is 24.0 Å². The molecule has 1 fully saturated rings. The van der Waals surface area contributed by atoms with Crippen LogP contribution in [-0.2, 0) is 54.9 Å². The van der Waals surface area contributed by atoms with E-state index in [0.29, 0.717) is 5.56 Å². The van der Waals surface area contributed by atoms with Crippen molar-refractivity contribution in [2.75, 3.05) is 38.7 Å². The monoisotopic (exact) mass is 735 g/mol. The number of aliphatic hydroxyl groups excluding tert-OH is 4. The van der Waals surface area contributed by atoms with Crippen molar-refractivity contribution in [2.24, 2.45) is 0 Å². The first kappa shape index (κ1) is 40.0. The number of benzene rings is 1. The van der Waals surface area contributed by atoms with Gasteiger partial charge in [-0.2, -0.15) is 8.42 Å². The number of carbonyl (C=O) groups is 5. The molecular weight excluding hydrogens is 698 g/mol. The molecule has 278 valence electrons. The number of esters is 1. The predicted octanol–water partition coefficient (Wildman–Crippen LogP) is -4.38. The van der Waals surface area contributed by atoms with Crippen molar-refractivity contribution in [1.29, 1.82) is 0 Å². The molecule has 22 heteroatoms. The maximum Gasteiger partial charge on any atom is 0.335 e. The maximum absolute atomic E-state index is 12.6. The second-order valence-electron chi connectivity index (χ2n) is 10.8. The van der Waals surface area contributed by atoms with E-state index in [1.807, 2.05) is 0 Å². The first-order valence-electron chi connectivity index (χ1n) is 14.7. The highest BCUT2D eigenvalue weighted by Gasteiger charge is 2.48. The van der Waals surface area contributed by atoms with Gasteiger partial charge in [-0.3, -0.25) is 23.7 Å². The molecule has 3 rings (SSSR count). The Balaban J connectivity index is 1.52. The number of ether oxygens (including phenoxy) is 5. The molecule has 2 aliphatic heterocycles. The molecule has 0 bridgehead atoms. The van der Waals surface area contributed by atoms with Crippen molar-refractivity contribution in [3.05, 3.63) is 35.9 Å². The van der Waals surface area contributed by atoms with E-state index in [1.54, 1.807) is 0 Å². The van der Waals surface area contributed by atoms with Crippen LogP contribution in [0, 0.1) is 0 Å². The number of hydrogen-bond acceptors (Lipinski definition) is 16. The number of aliphatic carboxylic acids is 1. The third-order valence-electron chi connectivity index (χ3n) is 6.92. The first-order valence-corrected chi connectivity index (χ1v) is 16.3. The molecule has 21 nitrogen and oxygen atoms in total. The number of carboxylic acid groups (broad SMARTS) is 1. The van der Waals surface area contributed by atoms with Crippen molar-refractivity contribution in [2.45, 2.75) is 56.5 Å². The lowest BCUT2D eigenvalue weighted by atomic mass is 9.99. The highest BCUT2D eigenvalue weighted by Crippen LogP contribution is 2.29. The fourth-order valence-corrected chi connectivity index (χ4v) is 5.12. The van der Waals surface area contributed by atoms with Gasteiger partial charge in [-0.05, 0) is 18.2 Å². The van der Waals surface area contributed by atoms with Gasteiger partial charge in [0.25, 0.3) is 10.1 Å². The zero-order valence-electron chi connectivity index (χ0n) is 26.3. The lowest BCUT2D eigenvalue weighted by Gasteiger charge is -2.38. The summed E-state index contributed by atoms with van der Waals surface area (Å²) in [5, 5.41) is 53.5. The average Bonchev–Trinajstić information content (AvgIpc) is 3.34. The predicted molar refractivity (Wildman–Crippen MR) is 161 cm³/mol. The third kappa shape index (κ3) is 11.9. The zero-order valence-corrected chi connectivity index (χ0v) is 27.1. The molecule has 0 aliphatic carbocycles. The average molecular weight is 736 g/mol. The topological polar surface area (TPSA) is 314 Å². The summed E-state index contributed by atoms with van der Waals surface area (Å²) in [4.78, 5) is 60.1. The SMILES string of the molecule is CC(=O)OCc1ccc(O[C@@H]2O[C@H](C(=O)O)[C@@H](O)[C@H](O)[C@H]2O)cc1OCCOCCNC(=O)[C@H](CS(=O)(=O)O)NC(=O)CN1C(=O)C=CC1O. The molecule has 0 aromatic heterocycles. The van der Waals surface area contributed by atoms with Crippen molar-refractivity contribution < 1.29 is 86.2 Å². The van der Waals surface area contributed by atoms with Crippen LogP contribution >= 0.6 is 0 Å². The molecule has 1 saturated heterocycles. The smallest absolute Gasteiger partial charge is 0.335 e. The highest BCUT2D eigenvalue weighted by molar-refractivity contribution is 7.85. The van der Waals surface area contributed by atoms with Crippen LogP contribution in [0.2, 0.25) is 0 Å². The first-order chi connectivity index (χ1) is 23.5. The maximum atomic E-state index is 12.6. The Hall–Kier alpha value is -4.42. The molecule has 8 N–H and O–H groups in total. The standard InChI is InChI=1S/C28H37N3O18S/c1-14(32)47-12-15-2-3-16(48-28-24(38)22(36)23(37)25(49-28)27(40)41)10-18(15)46-9-8-45-7-6-29-26(39)17(13-50(42,43)44)30-19(33)11-31-20(34)4-5-21(31)35/h2-5,10,17,20,22-25,28,34,36-38H,6-9,11-13H2,1H3,(H,29,39)(H,30,33)(H,40,41)(H,42,43,44)/t17-,20?,22-,23-,24+,25-,28+/m0/s1. The molecular formula is C28H37N3O18S. The number of rotatable bonds is 18. The van der Waals surface area contributed by atoms with Gasteiger partial charge in [-0.25, -0.2) is 4.79 Å². The van der Waals surface area contributed by atoms with Crippen molar-refractivity contribution in [1.82, 2.24) is 15.5 Å². The Morgan fingerprint density at radius 1 is 1.04 bits per heavy atom. The Labute approximate surface area is 284 Å². The lowest BCUT2D eigenvalue weighted by molar-refractivity contribution is -0.271. The molecule has 1 aromatic carbocycles. The number of carbonyl (C=O) groups excluding carboxylic acids is 4. The Kier molecular flexibility index (Phi) is 14.4. The number of amides is 3. The van der Waals surface area contributed by atoms with Crippen LogP contribution in [0.3, 0.4) is 0 Å². The number of aliphatic hydroxyl groups is 4. The van der Waals surface area contributed by atoms with Gasteiger partial charge in [0.05, 0.1) is 13.2 Å². The minimum atomic E-state index is -4.74. The van der Waals surface area contributed by atoms with Gasteiger partial charge in [0.15, 0.2) is 6.10 Å². The second-order valence-corrected chi connectivity index (χ2v) is 12.3. The van der Waals surface area contributed by atoms with Gasteiger partial charge in [0, 0.05) is 31.2 Å². The second kappa shape index (κ2) is 18.0. The normalized spacial score (nSPS) is 24.0. The molecule has 0 spiro atoms. The van der Waals surface area contributed by atoms with Gasteiger partial charge < -0.3 is 64.8 Å². The van der Waals surface area contributed by atoms with Crippen LogP contribution in [0.15, 0.2) is 30.4 Å². The molecule has 0 radical (unpaired) electrons. The minimum Gasteiger partial charge on any atom is -0.491 e. The van der Waals surface area contributed by atoms with E-state index in [-0.39, 0.29) is 44.5 Å². The van der Waals surface area contributed by atoms with E-state index in [1.165, 1.54) is 25.1 Å². The Morgan fingerprint density at radius 2 is 1.76 bits per heavy atom. The minimum absolute atomic E-state index is 0.0293. The lowest BCUT2D eigenvalue weighted by Crippen LogP contribution is -2.61. The largest absolute Gasteiger partial charge is 0.491 e. The van der Waals surface area contributed by atoms with Crippen molar-refractivity contribution >= 4 is 39.8 Å². The number of nitrogens with one attached hydrogen (secondary N) is 2. The van der Waals surface area contributed by atoms with Gasteiger partial charge in [-0.1, -0.05) is 0 Å². The summed E-state index contributed by atoms with van der Waals surface area (Å²) in [6.07, 6.45) is -8.49. The van der Waals surface area contributed by atoms with E-state index >= 15 is 0 Å². The van der Waals surface area contributed by atoms with E-state index < -0.39 is 95.1 Å². The van der Waals surface area contributed by atoms with Crippen molar-refractivity contribution in [3.8, 4) is 11.5 Å². The Bertz CT molecular complexity index is 1540. The van der Waals surface area contributed by atoms with Crippen LogP contribution in [0.1, 0.15) is 12.5 Å². The van der Waals surface area contributed by atoms with E-state index in [4.69, 9.17) is 23.7 Å². The summed E-state index contributed by atoms with van der Waals surface area (Å²) < 4.78 is 58.8. The fraction of sp³-hybridized carbons (Fsp3) is 0.536. The molecule has 1 aromatic rings. The molecule has 0 saturated carbocycles. The number of carboxylic acids is 1. The Morgan fingerprint density at radius 3 is 2.38 bits per heavy atom. The molecule has 2 heterocycles. The summed E-state index contributed by atoms with van der Waals surface area (Å²) >= 11 is 0. The van der Waals surface area contributed by atoms with Gasteiger partial charge in [0.1, 0.15) is 67.6 Å². The molecule has 7 atom stereocenters. The van der Waals surface area contributed by atoms with Crippen LogP contribution in [0.25, 0.3) is 0 Å². The molecule has 1 unspecified atom stereocenters. The van der Waals surface area contributed by atoms with Gasteiger partial charge >= 0.3 is 11.9 Å². The van der Waals surface area contributed by atoms with Crippen LogP contribution < -0.4 is 20.1 Å². The van der Waals surface area contributed by atoms with Crippen LogP contribution in [0.5, 0.6) is 11.5 Å². The zero-order chi connectivity index (χ0) is 37.2. The fourth-order valence-electron chi connectivity index (χ4n) is 4.46. The van der Waals surface area contributed by atoms with E-state index in [2.05, 4.69) is 10.6 Å². The van der Waals surface area contributed by atoms with E-state index in [0.717, 1.165) is 17.1 Å². The van der Waals surface area contributed by atoms with Crippen molar-refractivity contribution in [3.63, 3.8) is 0 Å². The van der Waals surface area contributed by atoms with Crippen LogP contribution in [-0.4, -0.2) is 155 Å². The summed E-state index contributed by atoms with van der Waals surface area (Å²) in [5.41, 5.74) is 0.357. The number of nitrogens with zero attached hydrogens (tertiary/aromatic N) is 1. The van der Waals surface area contributed by atoms with Crippen LogP contribution in [0.4, 0.5) is 0 Å². The molecule has 2 aliphatic rings. The molecule has 3 amide bonds. The molecule has 50 heavy (non-hydrogen) atoms. The summed E-state index contributed by atoms with van der Waals surface area (Å²) in [6, 6.07) is 2.33.